The van der Waals surface area contributed by atoms with E-state index in [0.717, 1.165) is 46.9 Å². The number of methoxy groups -OCH3 is 1. The Hall–Kier alpha value is -2.56. The fourth-order valence-electron chi connectivity index (χ4n) is 5.25. The van der Waals surface area contributed by atoms with E-state index in [4.69, 9.17) is 4.74 Å². The number of rotatable bonds is 9. The molecule has 1 heterocycles. The van der Waals surface area contributed by atoms with Crippen LogP contribution in [0.1, 0.15) is 44.6 Å². The molecular weight excluding hydrogens is 522 g/mol. The molecule has 0 radical (unpaired) electrons. The number of nitrogens with one attached hydrogen (secondary N) is 1. The van der Waals surface area contributed by atoms with Crippen LogP contribution >= 0.6 is 11.8 Å². The van der Waals surface area contributed by atoms with E-state index >= 15 is 0 Å². The Balaban J connectivity index is 1.60. The van der Waals surface area contributed by atoms with E-state index in [1.807, 2.05) is 30.5 Å². The maximum Gasteiger partial charge on any atom is 0.247 e. The van der Waals surface area contributed by atoms with E-state index in [2.05, 4.69) is 5.32 Å². The average molecular weight is 560 g/mol. The lowest BCUT2D eigenvalue weighted by Crippen LogP contribution is -2.70. The SMILES string of the molecule is COc1ccc(S(=O)(=O)N2CC(=O)N(CCc3ccc(SC)cc3)[C@@](C)(C(=O)NC3CCCCC3)C2)cc1. The molecule has 1 aliphatic heterocycles. The molecule has 0 bridgehead atoms. The molecule has 8 nitrogen and oxygen atoms in total. The van der Waals surface area contributed by atoms with Gasteiger partial charge in [0.25, 0.3) is 0 Å². The van der Waals surface area contributed by atoms with Crippen molar-refractivity contribution in [3.63, 3.8) is 0 Å². The normalized spacial score (nSPS) is 21.3. The van der Waals surface area contributed by atoms with Crippen LogP contribution in [0.5, 0.6) is 5.75 Å². The van der Waals surface area contributed by atoms with E-state index in [9.17, 15) is 18.0 Å². The maximum atomic E-state index is 13.8. The van der Waals surface area contributed by atoms with Crippen LogP contribution in [0.4, 0.5) is 0 Å². The summed E-state index contributed by atoms with van der Waals surface area (Å²) in [5.41, 5.74) is -0.287. The lowest BCUT2D eigenvalue weighted by molar-refractivity contribution is -0.153. The van der Waals surface area contributed by atoms with Gasteiger partial charge in [-0.15, -0.1) is 11.8 Å². The van der Waals surface area contributed by atoms with Crippen molar-refractivity contribution in [3.8, 4) is 5.75 Å². The van der Waals surface area contributed by atoms with Crippen LogP contribution in [0.25, 0.3) is 0 Å². The summed E-state index contributed by atoms with van der Waals surface area (Å²) in [6.07, 6.45) is 7.62. The first-order valence-corrected chi connectivity index (χ1v) is 15.7. The first-order chi connectivity index (χ1) is 18.2. The van der Waals surface area contributed by atoms with Crippen LogP contribution in [0.15, 0.2) is 58.3 Å². The third-order valence-corrected chi connectivity index (χ3v) is 10.2. The first-order valence-electron chi connectivity index (χ1n) is 13.1. The predicted molar refractivity (Wildman–Crippen MR) is 149 cm³/mol. The highest BCUT2D eigenvalue weighted by Gasteiger charge is 2.50. The number of sulfonamides is 1. The van der Waals surface area contributed by atoms with Crippen LogP contribution in [0, 0.1) is 0 Å². The van der Waals surface area contributed by atoms with Crippen LogP contribution in [-0.2, 0) is 26.0 Å². The largest absolute Gasteiger partial charge is 0.497 e. The zero-order valence-corrected chi connectivity index (χ0v) is 23.9. The lowest BCUT2D eigenvalue weighted by atomic mass is 9.91. The summed E-state index contributed by atoms with van der Waals surface area (Å²) in [5, 5.41) is 3.15. The third-order valence-electron chi connectivity index (χ3n) is 7.60. The van der Waals surface area contributed by atoms with Gasteiger partial charge in [-0.1, -0.05) is 31.4 Å². The Morgan fingerprint density at radius 1 is 1.08 bits per heavy atom. The molecular formula is C28H37N3O5S2. The molecule has 0 spiro atoms. The van der Waals surface area contributed by atoms with Crippen molar-refractivity contribution in [2.45, 2.75) is 66.8 Å². The van der Waals surface area contributed by atoms with Crippen LogP contribution in [-0.4, -0.2) is 74.0 Å². The Morgan fingerprint density at radius 3 is 2.34 bits per heavy atom. The zero-order chi connectivity index (χ0) is 27.3. The first kappa shape index (κ1) is 28.4. The number of carbonyl (C=O) groups is 2. The lowest BCUT2D eigenvalue weighted by Gasteiger charge is -2.47. The highest BCUT2D eigenvalue weighted by Crippen LogP contribution is 2.30. The van der Waals surface area contributed by atoms with Gasteiger partial charge in [0.05, 0.1) is 18.6 Å². The standard InChI is InChI=1S/C28H37N3O5S2/c1-28(27(33)29-22-7-5-4-6-8-22)20-30(38(34,35)25-15-11-23(36-2)12-16-25)19-26(32)31(28)18-17-21-9-13-24(37-3)14-10-21/h9-16,22H,4-8,17-20H2,1-3H3,(H,29,33)/t28-/m1/s1. The minimum absolute atomic E-state index is 0.0395. The van der Waals surface area contributed by atoms with Crippen molar-refractivity contribution in [1.82, 2.24) is 14.5 Å². The summed E-state index contributed by atoms with van der Waals surface area (Å²) in [4.78, 5) is 30.1. The quantitative estimate of drug-likeness (QED) is 0.471. The molecule has 1 N–H and O–H groups in total. The van der Waals surface area contributed by atoms with Gasteiger partial charge in [0, 0.05) is 24.0 Å². The molecule has 0 unspecified atom stereocenters. The fraction of sp³-hybridized carbons (Fsp3) is 0.500. The molecule has 2 aromatic carbocycles. The summed E-state index contributed by atoms with van der Waals surface area (Å²) < 4.78 is 33.4. The van der Waals surface area contributed by atoms with Gasteiger partial charge in [-0.05, 0) is 74.4 Å². The van der Waals surface area contributed by atoms with Crippen molar-refractivity contribution in [3.05, 3.63) is 54.1 Å². The second-order valence-corrected chi connectivity index (χ2v) is 13.0. The number of carbonyl (C=O) groups excluding carboxylic acids is 2. The Bertz CT molecular complexity index is 1230. The van der Waals surface area contributed by atoms with Crippen molar-refractivity contribution >= 4 is 33.6 Å². The van der Waals surface area contributed by atoms with Crippen LogP contribution in [0.2, 0.25) is 0 Å². The zero-order valence-electron chi connectivity index (χ0n) is 22.3. The number of thioether (sulfide) groups is 1. The van der Waals surface area contributed by atoms with Gasteiger partial charge in [0.1, 0.15) is 11.3 Å². The van der Waals surface area contributed by atoms with Gasteiger partial charge in [-0.2, -0.15) is 4.31 Å². The van der Waals surface area contributed by atoms with Crippen molar-refractivity contribution in [2.75, 3.05) is 33.0 Å². The van der Waals surface area contributed by atoms with Crippen molar-refractivity contribution < 1.29 is 22.7 Å². The van der Waals surface area contributed by atoms with E-state index in [0.29, 0.717) is 18.7 Å². The molecule has 1 saturated carbocycles. The third kappa shape index (κ3) is 6.18. The van der Waals surface area contributed by atoms with E-state index < -0.39 is 15.6 Å². The smallest absolute Gasteiger partial charge is 0.247 e. The van der Waals surface area contributed by atoms with Crippen LogP contribution in [0.3, 0.4) is 0 Å². The summed E-state index contributed by atoms with van der Waals surface area (Å²) >= 11 is 1.66. The molecule has 0 aromatic heterocycles. The molecule has 2 fully saturated rings. The number of hydrogen-bond acceptors (Lipinski definition) is 6. The summed E-state index contributed by atoms with van der Waals surface area (Å²) in [7, 11) is -2.50. The minimum atomic E-state index is -4.01. The molecule has 1 atom stereocenters. The topological polar surface area (TPSA) is 96.0 Å². The van der Waals surface area contributed by atoms with Gasteiger partial charge in [-0.25, -0.2) is 8.42 Å². The maximum absolute atomic E-state index is 13.8. The van der Waals surface area contributed by atoms with E-state index in [-0.39, 0.29) is 35.8 Å². The van der Waals surface area contributed by atoms with Crippen LogP contribution < -0.4 is 10.1 Å². The van der Waals surface area contributed by atoms with Gasteiger partial charge < -0.3 is 15.0 Å². The molecule has 2 amide bonds. The number of benzene rings is 2. The second kappa shape index (κ2) is 12.1. The van der Waals surface area contributed by atoms with Crippen molar-refractivity contribution in [2.24, 2.45) is 0 Å². The Kier molecular flexibility index (Phi) is 9.05. The highest BCUT2D eigenvalue weighted by atomic mass is 32.2. The highest BCUT2D eigenvalue weighted by molar-refractivity contribution is 7.98. The van der Waals surface area contributed by atoms with Gasteiger partial charge >= 0.3 is 0 Å². The molecule has 2 aromatic rings. The molecule has 1 aliphatic carbocycles. The molecule has 10 heteroatoms. The van der Waals surface area contributed by atoms with Gasteiger partial charge in [0.15, 0.2) is 0 Å². The fourth-order valence-corrected chi connectivity index (χ4v) is 7.14. The number of nitrogens with zero attached hydrogens (tertiary/aromatic N) is 2. The summed E-state index contributed by atoms with van der Waals surface area (Å²) in [6.45, 7) is 1.58. The average Bonchev–Trinajstić information content (AvgIpc) is 2.93. The molecule has 2 aliphatic rings. The molecule has 206 valence electrons. The molecule has 38 heavy (non-hydrogen) atoms. The summed E-state index contributed by atoms with van der Waals surface area (Å²) in [6, 6.07) is 14.2. The van der Waals surface area contributed by atoms with E-state index in [1.54, 1.807) is 35.7 Å². The van der Waals surface area contributed by atoms with Gasteiger partial charge in [0.2, 0.25) is 21.8 Å². The monoisotopic (exact) mass is 559 g/mol. The summed E-state index contributed by atoms with van der Waals surface area (Å²) in [5.74, 6) is -0.146. The van der Waals surface area contributed by atoms with Gasteiger partial charge in [-0.3, -0.25) is 9.59 Å². The number of amides is 2. The van der Waals surface area contributed by atoms with E-state index in [1.165, 1.54) is 19.2 Å². The molecule has 4 rings (SSSR count). The number of hydrogen-bond donors (Lipinski definition) is 1. The number of ether oxygens (including phenoxy) is 1. The minimum Gasteiger partial charge on any atom is -0.497 e. The molecule has 1 saturated heterocycles. The predicted octanol–water partition coefficient (Wildman–Crippen LogP) is 3.70. The number of piperazine rings is 1. The Labute approximate surface area is 230 Å². The van der Waals surface area contributed by atoms with Crippen molar-refractivity contribution in [1.29, 1.82) is 0 Å². The second-order valence-electron chi connectivity index (χ2n) is 10.2. The Morgan fingerprint density at radius 2 is 1.74 bits per heavy atom.